The van der Waals surface area contributed by atoms with E-state index in [0.29, 0.717) is 30.3 Å². The lowest BCUT2D eigenvalue weighted by molar-refractivity contribution is -0.0763. The summed E-state index contributed by atoms with van der Waals surface area (Å²) < 4.78 is 5.57. The molecule has 1 amide bonds. The van der Waals surface area contributed by atoms with Crippen LogP contribution in [0.3, 0.4) is 0 Å². The molecule has 1 aliphatic rings. The van der Waals surface area contributed by atoms with Crippen molar-refractivity contribution in [2.24, 2.45) is 0 Å². The van der Waals surface area contributed by atoms with Crippen LogP contribution in [0, 0.1) is 0 Å². The van der Waals surface area contributed by atoms with E-state index in [0.717, 1.165) is 0 Å². The van der Waals surface area contributed by atoms with E-state index >= 15 is 0 Å². The van der Waals surface area contributed by atoms with Gasteiger partial charge in [-0.25, -0.2) is 4.98 Å². The summed E-state index contributed by atoms with van der Waals surface area (Å²) in [5, 5.41) is 0.318. The second-order valence-corrected chi connectivity index (χ2v) is 5.33. The van der Waals surface area contributed by atoms with E-state index in [1.807, 2.05) is 13.8 Å². The number of morpholine rings is 1. The summed E-state index contributed by atoms with van der Waals surface area (Å²) in [6.45, 7) is 5.52. The minimum absolute atomic E-state index is 0.134. The Kier molecular flexibility index (Phi) is 3.45. The van der Waals surface area contributed by atoms with Gasteiger partial charge >= 0.3 is 0 Å². The molecule has 1 aliphatic heterocycles. The van der Waals surface area contributed by atoms with Crippen molar-refractivity contribution in [1.82, 2.24) is 9.88 Å². The van der Waals surface area contributed by atoms with Crippen LogP contribution in [0.2, 0.25) is 5.02 Å². The summed E-state index contributed by atoms with van der Waals surface area (Å²) in [6, 6.07) is 1.51. The Morgan fingerprint density at radius 3 is 3.00 bits per heavy atom. The first-order valence-corrected chi connectivity index (χ1v) is 6.11. The summed E-state index contributed by atoms with van der Waals surface area (Å²) in [6.07, 6.45) is 1.40. The standard InChI is InChI=1S/C12H16ClN3O2/c1-12(2)7-16(3-4-18-12)11(17)8-5-10(14)15-6-9(8)13/h5-6H,3-4,7H2,1-2H3,(H2,14,15). The molecule has 98 valence electrons. The predicted molar refractivity (Wildman–Crippen MR) is 69.6 cm³/mol. The highest BCUT2D eigenvalue weighted by atomic mass is 35.5. The Morgan fingerprint density at radius 1 is 1.61 bits per heavy atom. The molecule has 2 N–H and O–H groups in total. The van der Waals surface area contributed by atoms with Gasteiger partial charge in [0.05, 0.1) is 22.8 Å². The van der Waals surface area contributed by atoms with Crippen LogP contribution in [-0.4, -0.2) is 41.1 Å². The number of halogens is 1. The van der Waals surface area contributed by atoms with E-state index in [1.54, 1.807) is 4.90 Å². The molecule has 0 bridgehead atoms. The zero-order chi connectivity index (χ0) is 13.3. The van der Waals surface area contributed by atoms with Gasteiger partial charge < -0.3 is 15.4 Å². The molecule has 1 fully saturated rings. The van der Waals surface area contributed by atoms with Gasteiger partial charge in [-0.3, -0.25) is 4.79 Å². The van der Waals surface area contributed by atoms with E-state index < -0.39 is 0 Å². The molecule has 0 unspecified atom stereocenters. The average Bonchev–Trinajstić information content (AvgIpc) is 2.30. The molecule has 2 heterocycles. The van der Waals surface area contributed by atoms with Crippen molar-refractivity contribution in [2.45, 2.75) is 19.4 Å². The molecule has 1 saturated heterocycles. The van der Waals surface area contributed by atoms with Crippen LogP contribution in [0.4, 0.5) is 5.82 Å². The lowest BCUT2D eigenvalue weighted by Crippen LogP contribution is -2.50. The number of carbonyl (C=O) groups is 1. The van der Waals surface area contributed by atoms with Gasteiger partial charge in [-0.1, -0.05) is 11.6 Å². The third kappa shape index (κ3) is 2.73. The van der Waals surface area contributed by atoms with Crippen molar-refractivity contribution in [1.29, 1.82) is 0 Å². The average molecular weight is 270 g/mol. The molecule has 1 aromatic rings. The Morgan fingerprint density at radius 2 is 2.33 bits per heavy atom. The van der Waals surface area contributed by atoms with Gasteiger partial charge in [0.25, 0.3) is 5.91 Å². The number of ether oxygens (including phenoxy) is 1. The maximum Gasteiger partial charge on any atom is 0.255 e. The molecular formula is C12H16ClN3O2. The maximum atomic E-state index is 12.4. The maximum absolute atomic E-state index is 12.4. The van der Waals surface area contributed by atoms with E-state index in [-0.39, 0.29) is 17.3 Å². The number of nitrogens with two attached hydrogens (primary N) is 1. The van der Waals surface area contributed by atoms with Gasteiger partial charge in [-0.2, -0.15) is 0 Å². The molecule has 2 rings (SSSR count). The van der Waals surface area contributed by atoms with Gasteiger partial charge in [0.15, 0.2) is 0 Å². The van der Waals surface area contributed by atoms with Crippen molar-refractivity contribution in [3.63, 3.8) is 0 Å². The quantitative estimate of drug-likeness (QED) is 0.840. The minimum Gasteiger partial charge on any atom is -0.384 e. The van der Waals surface area contributed by atoms with Crippen LogP contribution < -0.4 is 5.73 Å². The van der Waals surface area contributed by atoms with E-state index in [2.05, 4.69) is 4.98 Å². The number of amides is 1. The van der Waals surface area contributed by atoms with Crippen LogP contribution in [0.25, 0.3) is 0 Å². The molecular weight excluding hydrogens is 254 g/mol. The molecule has 18 heavy (non-hydrogen) atoms. The Bertz CT molecular complexity index is 476. The Labute approximate surface area is 111 Å². The van der Waals surface area contributed by atoms with E-state index in [1.165, 1.54) is 12.3 Å². The van der Waals surface area contributed by atoms with Crippen LogP contribution in [0.5, 0.6) is 0 Å². The molecule has 0 aliphatic carbocycles. The molecule has 0 radical (unpaired) electrons. The zero-order valence-corrected chi connectivity index (χ0v) is 11.2. The summed E-state index contributed by atoms with van der Waals surface area (Å²) in [4.78, 5) is 17.9. The van der Waals surface area contributed by atoms with Crippen molar-refractivity contribution >= 4 is 23.3 Å². The molecule has 5 nitrogen and oxygen atoms in total. The first-order valence-electron chi connectivity index (χ1n) is 5.73. The third-order valence-corrected chi connectivity index (χ3v) is 3.12. The summed E-state index contributed by atoms with van der Waals surface area (Å²) in [5.74, 6) is 0.153. The van der Waals surface area contributed by atoms with Crippen molar-refractivity contribution in [3.05, 3.63) is 22.8 Å². The molecule has 0 saturated carbocycles. The van der Waals surface area contributed by atoms with Gasteiger partial charge in [0.2, 0.25) is 0 Å². The fraction of sp³-hybridized carbons (Fsp3) is 0.500. The van der Waals surface area contributed by atoms with E-state index in [4.69, 9.17) is 22.1 Å². The van der Waals surface area contributed by atoms with Crippen LogP contribution in [0.15, 0.2) is 12.3 Å². The number of anilines is 1. The number of rotatable bonds is 1. The Hall–Kier alpha value is -1.33. The second kappa shape index (κ2) is 4.74. The lowest BCUT2D eigenvalue weighted by atomic mass is 10.1. The van der Waals surface area contributed by atoms with Gasteiger partial charge in [0, 0.05) is 19.3 Å². The predicted octanol–water partition coefficient (Wildman–Crippen LogP) is 1.57. The summed E-state index contributed by atoms with van der Waals surface area (Å²) >= 11 is 5.98. The summed E-state index contributed by atoms with van der Waals surface area (Å²) in [7, 11) is 0. The number of nitrogens with zero attached hydrogens (tertiary/aromatic N) is 2. The van der Waals surface area contributed by atoms with Gasteiger partial charge in [0.1, 0.15) is 5.82 Å². The monoisotopic (exact) mass is 269 g/mol. The van der Waals surface area contributed by atoms with Crippen molar-refractivity contribution in [2.75, 3.05) is 25.4 Å². The number of aromatic nitrogens is 1. The largest absolute Gasteiger partial charge is 0.384 e. The smallest absolute Gasteiger partial charge is 0.255 e. The Balaban J connectivity index is 2.23. The van der Waals surface area contributed by atoms with Crippen molar-refractivity contribution in [3.8, 4) is 0 Å². The number of hydrogen-bond donors (Lipinski definition) is 1. The highest BCUT2D eigenvalue weighted by Gasteiger charge is 2.31. The number of carbonyl (C=O) groups excluding carboxylic acids is 1. The first kappa shape index (κ1) is 13.1. The second-order valence-electron chi connectivity index (χ2n) is 4.92. The topological polar surface area (TPSA) is 68.5 Å². The van der Waals surface area contributed by atoms with E-state index in [9.17, 15) is 4.79 Å². The molecule has 0 aromatic carbocycles. The number of hydrogen-bond acceptors (Lipinski definition) is 4. The minimum atomic E-state index is -0.334. The third-order valence-electron chi connectivity index (χ3n) is 2.82. The molecule has 1 aromatic heterocycles. The van der Waals surface area contributed by atoms with Gasteiger partial charge in [-0.15, -0.1) is 0 Å². The van der Waals surface area contributed by atoms with Crippen LogP contribution >= 0.6 is 11.6 Å². The number of pyridine rings is 1. The highest BCUT2D eigenvalue weighted by molar-refractivity contribution is 6.33. The normalized spacial score (nSPS) is 18.7. The van der Waals surface area contributed by atoms with Crippen molar-refractivity contribution < 1.29 is 9.53 Å². The first-order chi connectivity index (χ1) is 8.39. The fourth-order valence-electron chi connectivity index (χ4n) is 1.98. The fourth-order valence-corrected chi connectivity index (χ4v) is 2.16. The zero-order valence-electron chi connectivity index (χ0n) is 10.4. The van der Waals surface area contributed by atoms with Crippen LogP contribution in [-0.2, 0) is 4.74 Å². The molecule has 0 atom stereocenters. The number of nitrogen functional groups attached to an aromatic ring is 1. The lowest BCUT2D eigenvalue weighted by Gasteiger charge is -2.38. The highest BCUT2D eigenvalue weighted by Crippen LogP contribution is 2.22. The molecule has 0 spiro atoms. The van der Waals surface area contributed by atoms with Gasteiger partial charge in [-0.05, 0) is 19.9 Å². The summed E-state index contributed by atoms with van der Waals surface area (Å²) in [5.41, 5.74) is 5.64. The van der Waals surface area contributed by atoms with Crippen LogP contribution in [0.1, 0.15) is 24.2 Å². The SMILES string of the molecule is CC1(C)CN(C(=O)c2cc(N)ncc2Cl)CCO1. The molecule has 6 heteroatoms.